The molecule has 0 saturated carbocycles. The summed E-state index contributed by atoms with van der Waals surface area (Å²) in [5, 5.41) is 7.02. The standard InChI is InChI=1S/C16H22N4O/c1-3-12(2)15(17)16(21)19-14-7-5-13(6-8-14)11-20-10-4-9-18-20/h4-10,12,15H,3,11,17H2,1-2H3,(H,19,21). The Bertz CT molecular complexity index is 562. The molecule has 0 aliphatic carbocycles. The molecule has 0 spiro atoms. The first-order valence-electron chi connectivity index (χ1n) is 7.23. The average Bonchev–Trinajstić information content (AvgIpc) is 3.00. The highest BCUT2D eigenvalue weighted by atomic mass is 16.2. The number of hydrogen-bond acceptors (Lipinski definition) is 3. The maximum Gasteiger partial charge on any atom is 0.241 e. The number of rotatable bonds is 6. The maximum absolute atomic E-state index is 12.0. The molecule has 0 aliphatic rings. The molecule has 3 N–H and O–H groups in total. The minimum Gasteiger partial charge on any atom is -0.325 e. The van der Waals surface area contributed by atoms with Crippen molar-refractivity contribution in [3.05, 3.63) is 48.3 Å². The molecule has 21 heavy (non-hydrogen) atoms. The second kappa shape index (κ2) is 7.04. The van der Waals surface area contributed by atoms with Gasteiger partial charge < -0.3 is 11.1 Å². The molecule has 0 saturated heterocycles. The molecule has 2 atom stereocenters. The van der Waals surface area contributed by atoms with Gasteiger partial charge in [-0.15, -0.1) is 0 Å². The predicted octanol–water partition coefficient (Wildman–Crippen LogP) is 2.24. The van der Waals surface area contributed by atoms with Crippen molar-refractivity contribution in [3.8, 4) is 0 Å². The number of amides is 1. The summed E-state index contributed by atoms with van der Waals surface area (Å²) in [4.78, 5) is 12.0. The highest BCUT2D eigenvalue weighted by Crippen LogP contribution is 2.13. The van der Waals surface area contributed by atoms with E-state index in [1.165, 1.54) is 0 Å². The smallest absolute Gasteiger partial charge is 0.241 e. The van der Waals surface area contributed by atoms with Crippen LogP contribution < -0.4 is 11.1 Å². The van der Waals surface area contributed by atoms with Crippen molar-refractivity contribution in [1.82, 2.24) is 9.78 Å². The Morgan fingerprint density at radius 1 is 1.38 bits per heavy atom. The molecule has 2 rings (SSSR count). The second-order valence-electron chi connectivity index (χ2n) is 5.30. The normalized spacial score (nSPS) is 13.7. The first-order valence-corrected chi connectivity index (χ1v) is 7.23. The van der Waals surface area contributed by atoms with Crippen molar-refractivity contribution in [2.75, 3.05) is 5.32 Å². The Morgan fingerprint density at radius 3 is 2.67 bits per heavy atom. The largest absolute Gasteiger partial charge is 0.325 e. The van der Waals surface area contributed by atoms with Gasteiger partial charge in [0.05, 0.1) is 12.6 Å². The van der Waals surface area contributed by atoms with E-state index in [-0.39, 0.29) is 11.8 Å². The molecular formula is C16H22N4O. The fraction of sp³-hybridized carbons (Fsp3) is 0.375. The van der Waals surface area contributed by atoms with E-state index in [4.69, 9.17) is 5.73 Å². The number of nitrogens with one attached hydrogen (secondary N) is 1. The van der Waals surface area contributed by atoms with Gasteiger partial charge in [-0.2, -0.15) is 5.10 Å². The third-order valence-electron chi connectivity index (χ3n) is 3.68. The van der Waals surface area contributed by atoms with E-state index in [1.807, 2.05) is 55.1 Å². The van der Waals surface area contributed by atoms with Crippen LogP contribution in [0.3, 0.4) is 0 Å². The van der Waals surface area contributed by atoms with E-state index >= 15 is 0 Å². The predicted molar refractivity (Wildman–Crippen MR) is 83.8 cm³/mol. The topological polar surface area (TPSA) is 72.9 Å². The first kappa shape index (κ1) is 15.3. The summed E-state index contributed by atoms with van der Waals surface area (Å²) in [6.45, 7) is 4.73. The van der Waals surface area contributed by atoms with E-state index in [2.05, 4.69) is 10.4 Å². The van der Waals surface area contributed by atoms with Crippen LogP contribution in [0.5, 0.6) is 0 Å². The van der Waals surface area contributed by atoms with Crippen LogP contribution >= 0.6 is 0 Å². The molecule has 1 aromatic carbocycles. The molecular weight excluding hydrogens is 264 g/mol. The lowest BCUT2D eigenvalue weighted by Crippen LogP contribution is -2.40. The zero-order valence-electron chi connectivity index (χ0n) is 12.5. The SMILES string of the molecule is CCC(C)C(N)C(=O)Nc1ccc(Cn2cccn2)cc1. The van der Waals surface area contributed by atoms with E-state index in [0.717, 1.165) is 17.7 Å². The van der Waals surface area contributed by atoms with Gasteiger partial charge in [-0.3, -0.25) is 9.48 Å². The quantitative estimate of drug-likeness (QED) is 0.855. The average molecular weight is 286 g/mol. The molecule has 1 heterocycles. The molecule has 1 amide bonds. The molecule has 1 aromatic heterocycles. The zero-order valence-corrected chi connectivity index (χ0v) is 12.5. The molecule has 5 nitrogen and oxygen atoms in total. The van der Waals surface area contributed by atoms with Gasteiger partial charge in [-0.25, -0.2) is 0 Å². The zero-order chi connectivity index (χ0) is 15.2. The molecule has 0 radical (unpaired) electrons. The van der Waals surface area contributed by atoms with Crippen molar-refractivity contribution in [1.29, 1.82) is 0 Å². The number of nitrogens with two attached hydrogens (primary N) is 1. The molecule has 0 aliphatic heterocycles. The molecule has 0 fully saturated rings. The third-order valence-corrected chi connectivity index (χ3v) is 3.68. The summed E-state index contributed by atoms with van der Waals surface area (Å²) in [6.07, 6.45) is 4.56. The Balaban J connectivity index is 1.94. The molecule has 5 heteroatoms. The maximum atomic E-state index is 12.0. The summed E-state index contributed by atoms with van der Waals surface area (Å²) in [5.74, 6) is 0.0354. The van der Waals surface area contributed by atoms with Crippen LogP contribution in [0.4, 0.5) is 5.69 Å². The van der Waals surface area contributed by atoms with Gasteiger partial charge in [-0.05, 0) is 29.7 Å². The van der Waals surface area contributed by atoms with E-state index in [9.17, 15) is 4.79 Å². The Labute approximate surface area is 125 Å². The van der Waals surface area contributed by atoms with E-state index in [1.54, 1.807) is 6.20 Å². The van der Waals surface area contributed by atoms with Crippen molar-refractivity contribution >= 4 is 11.6 Å². The van der Waals surface area contributed by atoms with Gasteiger partial charge in [0.25, 0.3) is 0 Å². The third kappa shape index (κ3) is 4.16. The van der Waals surface area contributed by atoms with Crippen LogP contribution in [-0.4, -0.2) is 21.7 Å². The number of carbonyl (C=O) groups is 1. The minimum absolute atomic E-state index is 0.135. The van der Waals surface area contributed by atoms with Crippen molar-refractivity contribution in [2.45, 2.75) is 32.9 Å². The van der Waals surface area contributed by atoms with E-state index < -0.39 is 6.04 Å². The number of carbonyl (C=O) groups excluding carboxylic acids is 1. The first-order chi connectivity index (χ1) is 10.1. The van der Waals surface area contributed by atoms with Gasteiger partial charge in [-0.1, -0.05) is 32.4 Å². The lowest BCUT2D eigenvalue weighted by molar-refractivity contribution is -0.118. The summed E-state index contributed by atoms with van der Waals surface area (Å²) < 4.78 is 1.85. The minimum atomic E-state index is -0.473. The number of anilines is 1. The van der Waals surface area contributed by atoms with Crippen LogP contribution in [0, 0.1) is 5.92 Å². The van der Waals surface area contributed by atoms with E-state index in [0.29, 0.717) is 6.54 Å². The molecule has 2 aromatic rings. The lowest BCUT2D eigenvalue weighted by Gasteiger charge is -2.17. The van der Waals surface area contributed by atoms with Crippen LogP contribution in [0.1, 0.15) is 25.8 Å². The Kier molecular flexibility index (Phi) is 5.11. The summed E-state index contributed by atoms with van der Waals surface area (Å²) in [5.41, 5.74) is 7.81. The molecule has 112 valence electrons. The Hall–Kier alpha value is -2.14. The highest BCUT2D eigenvalue weighted by molar-refractivity contribution is 5.94. The lowest BCUT2D eigenvalue weighted by atomic mass is 9.99. The highest BCUT2D eigenvalue weighted by Gasteiger charge is 2.19. The monoisotopic (exact) mass is 286 g/mol. The van der Waals surface area contributed by atoms with Crippen molar-refractivity contribution < 1.29 is 4.79 Å². The fourth-order valence-electron chi connectivity index (χ4n) is 2.01. The number of nitrogens with zero attached hydrogens (tertiary/aromatic N) is 2. The van der Waals surface area contributed by atoms with Gasteiger partial charge in [0, 0.05) is 18.1 Å². The van der Waals surface area contributed by atoms with Gasteiger partial charge in [0.15, 0.2) is 0 Å². The summed E-state index contributed by atoms with van der Waals surface area (Å²) in [7, 11) is 0. The van der Waals surface area contributed by atoms with Crippen LogP contribution in [0.15, 0.2) is 42.7 Å². The van der Waals surface area contributed by atoms with Crippen LogP contribution in [0.2, 0.25) is 0 Å². The van der Waals surface area contributed by atoms with Crippen LogP contribution in [0.25, 0.3) is 0 Å². The van der Waals surface area contributed by atoms with Crippen molar-refractivity contribution in [2.24, 2.45) is 11.7 Å². The number of aromatic nitrogens is 2. The van der Waals surface area contributed by atoms with Crippen LogP contribution in [-0.2, 0) is 11.3 Å². The fourth-order valence-corrected chi connectivity index (χ4v) is 2.01. The summed E-state index contributed by atoms with van der Waals surface area (Å²) >= 11 is 0. The van der Waals surface area contributed by atoms with Gasteiger partial charge in [0.1, 0.15) is 0 Å². The molecule has 0 bridgehead atoms. The molecule has 2 unspecified atom stereocenters. The number of benzene rings is 1. The van der Waals surface area contributed by atoms with Crippen molar-refractivity contribution in [3.63, 3.8) is 0 Å². The summed E-state index contributed by atoms with van der Waals surface area (Å²) in [6, 6.07) is 9.15. The second-order valence-corrected chi connectivity index (χ2v) is 5.30. The Morgan fingerprint density at radius 2 is 2.10 bits per heavy atom. The van der Waals surface area contributed by atoms with Gasteiger partial charge in [0.2, 0.25) is 5.91 Å². The van der Waals surface area contributed by atoms with Gasteiger partial charge >= 0.3 is 0 Å². The number of hydrogen-bond donors (Lipinski definition) is 2.